The first-order valence-electron chi connectivity index (χ1n) is 6.34. The number of nitrogens with zero attached hydrogens (tertiary/aromatic N) is 1. The minimum absolute atomic E-state index is 0.0306. The maximum absolute atomic E-state index is 11.6. The van der Waals surface area contributed by atoms with E-state index in [0.29, 0.717) is 26.1 Å². The van der Waals surface area contributed by atoms with Gasteiger partial charge in [-0.3, -0.25) is 4.79 Å². The highest BCUT2D eigenvalue weighted by Gasteiger charge is 2.18. The van der Waals surface area contributed by atoms with Crippen LogP contribution in [0.3, 0.4) is 0 Å². The number of rotatable bonds is 3. The van der Waals surface area contributed by atoms with Crippen molar-refractivity contribution in [2.24, 2.45) is 0 Å². The quantitative estimate of drug-likeness (QED) is 0.816. The van der Waals surface area contributed by atoms with Gasteiger partial charge in [0.05, 0.1) is 13.2 Å². The highest BCUT2D eigenvalue weighted by Crippen LogP contribution is 2.10. The van der Waals surface area contributed by atoms with Crippen LogP contribution in [-0.4, -0.2) is 42.3 Å². The molecule has 0 bridgehead atoms. The Morgan fingerprint density at radius 1 is 1.42 bits per heavy atom. The molecule has 1 aromatic carbocycles. The normalized spacial score (nSPS) is 15.0. The van der Waals surface area contributed by atoms with Gasteiger partial charge >= 0.3 is 0 Å². The highest BCUT2D eigenvalue weighted by atomic mass is 16.5. The van der Waals surface area contributed by atoms with Gasteiger partial charge in [-0.25, -0.2) is 0 Å². The third-order valence-electron chi connectivity index (χ3n) is 2.85. The van der Waals surface area contributed by atoms with Gasteiger partial charge in [-0.2, -0.15) is 0 Å². The maximum Gasteiger partial charge on any atom is 0.248 e. The van der Waals surface area contributed by atoms with E-state index in [4.69, 9.17) is 9.84 Å². The maximum atomic E-state index is 11.6. The number of carbonyl (C=O) groups is 1. The lowest BCUT2D eigenvalue weighted by Gasteiger charge is -2.26. The number of hydrogen-bond donors (Lipinski definition) is 1. The Labute approximate surface area is 113 Å². The molecule has 2 rings (SSSR count). The number of aliphatic hydroxyl groups excluding tert-OH is 1. The van der Waals surface area contributed by atoms with Gasteiger partial charge in [0.25, 0.3) is 0 Å². The van der Waals surface area contributed by atoms with Crippen LogP contribution < -0.4 is 0 Å². The molecule has 1 N–H and O–H groups in total. The Balaban J connectivity index is 2.02. The average molecular weight is 259 g/mol. The largest absolute Gasteiger partial charge is 0.395 e. The molecule has 0 radical (unpaired) electrons. The summed E-state index contributed by atoms with van der Waals surface area (Å²) >= 11 is 0. The van der Waals surface area contributed by atoms with Crippen molar-refractivity contribution in [1.82, 2.24) is 4.90 Å². The first-order valence-corrected chi connectivity index (χ1v) is 6.34. The lowest BCUT2D eigenvalue weighted by molar-refractivity contribution is -0.143. The number of amides is 1. The van der Waals surface area contributed by atoms with Crippen LogP contribution in [0.15, 0.2) is 24.3 Å². The van der Waals surface area contributed by atoms with Gasteiger partial charge in [-0.05, 0) is 17.7 Å². The van der Waals surface area contributed by atoms with Crippen molar-refractivity contribution in [2.45, 2.75) is 13.0 Å². The van der Waals surface area contributed by atoms with Crippen molar-refractivity contribution < 1.29 is 14.6 Å². The molecule has 0 aromatic heterocycles. The minimum Gasteiger partial charge on any atom is -0.395 e. The summed E-state index contributed by atoms with van der Waals surface area (Å²) in [6, 6.07) is 7.82. The Morgan fingerprint density at radius 3 is 3.11 bits per heavy atom. The van der Waals surface area contributed by atoms with Crippen molar-refractivity contribution in [3.8, 4) is 11.8 Å². The van der Waals surface area contributed by atoms with Gasteiger partial charge in [0.1, 0.15) is 6.61 Å². The summed E-state index contributed by atoms with van der Waals surface area (Å²) in [4.78, 5) is 13.4. The second-order valence-electron chi connectivity index (χ2n) is 4.34. The molecule has 1 aromatic rings. The molecule has 4 heteroatoms. The molecule has 0 saturated carbocycles. The predicted octanol–water partition coefficient (Wildman–Crippen LogP) is 0.779. The molecule has 0 aliphatic carbocycles. The summed E-state index contributed by atoms with van der Waals surface area (Å²) in [5.41, 5.74) is 1.97. The fourth-order valence-electron chi connectivity index (χ4n) is 1.91. The number of benzene rings is 1. The molecular weight excluding hydrogens is 242 g/mol. The van der Waals surface area contributed by atoms with E-state index in [0.717, 1.165) is 11.1 Å². The van der Waals surface area contributed by atoms with Crippen molar-refractivity contribution >= 4 is 5.91 Å². The molecule has 0 spiro atoms. The van der Waals surface area contributed by atoms with Crippen LogP contribution in [0, 0.1) is 11.8 Å². The van der Waals surface area contributed by atoms with E-state index in [-0.39, 0.29) is 19.1 Å². The zero-order chi connectivity index (χ0) is 13.5. The third-order valence-corrected chi connectivity index (χ3v) is 2.85. The van der Waals surface area contributed by atoms with Gasteiger partial charge < -0.3 is 14.7 Å². The summed E-state index contributed by atoms with van der Waals surface area (Å²) in [5, 5.41) is 8.69. The first kappa shape index (κ1) is 13.6. The molecule has 1 aliphatic rings. The zero-order valence-corrected chi connectivity index (χ0v) is 10.8. The topological polar surface area (TPSA) is 49.8 Å². The summed E-state index contributed by atoms with van der Waals surface area (Å²) in [5.74, 6) is 5.92. The summed E-state index contributed by atoms with van der Waals surface area (Å²) < 4.78 is 5.10. The Bertz CT molecular complexity index is 502. The SMILES string of the molecule is O=C1COCCN1Cc1cccc(C#CCCO)c1. The number of hydrogen-bond acceptors (Lipinski definition) is 3. The molecule has 1 saturated heterocycles. The lowest BCUT2D eigenvalue weighted by atomic mass is 10.1. The van der Waals surface area contributed by atoms with Crippen molar-refractivity contribution in [2.75, 3.05) is 26.4 Å². The summed E-state index contributed by atoms with van der Waals surface area (Å²) in [7, 11) is 0. The molecule has 0 unspecified atom stereocenters. The van der Waals surface area contributed by atoms with E-state index in [2.05, 4.69) is 11.8 Å². The average Bonchev–Trinajstić information content (AvgIpc) is 2.42. The predicted molar refractivity (Wildman–Crippen MR) is 71.3 cm³/mol. The van der Waals surface area contributed by atoms with Gasteiger partial charge in [-0.15, -0.1) is 0 Å². The Hall–Kier alpha value is -1.83. The number of carbonyl (C=O) groups excluding carboxylic acids is 1. The van der Waals surface area contributed by atoms with Crippen LogP contribution in [0.2, 0.25) is 0 Å². The summed E-state index contributed by atoms with van der Waals surface area (Å²) in [6.07, 6.45) is 0.478. The number of aliphatic hydroxyl groups is 1. The molecule has 1 heterocycles. The van der Waals surface area contributed by atoms with Crippen LogP contribution in [-0.2, 0) is 16.1 Å². The van der Waals surface area contributed by atoms with E-state index < -0.39 is 0 Å². The molecule has 19 heavy (non-hydrogen) atoms. The van der Waals surface area contributed by atoms with Crippen LogP contribution in [0.5, 0.6) is 0 Å². The van der Waals surface area contributed by atoms with Crippen molar-refractivity contribution in [3.05, 3.63) is 35.4 Å². The van der Waals surface area contributed by atoms with Gasteiger partial charge in [-0.1, -0.05) is 24.0 Å². The van der Waals surface area contributed by atoms with E-state index in [1.54, 1.807) is 4.90 Å². The van der Waals surface area contributed by atoms with E-state index in [9.17, 15) is 4.79 Å². The van der Waals surface area contributed by atoms with Gasteiger partial charge in [0.15, 0.2) is 0 Å². The van der Waals surface area contributed by atoms with Crippen LogP contribution in [0.25, 0.3) is 0 Å². The lowest BCUT2D eigenvalue weighted by Crippen LogP contribution is -2.40. The highest BCUT2D eigenvalue weighted by molar-refractivity contribution is 5.78. The van der Waals surface area contributed by atoms with Gasteiger partial charge in [0.2, 0.25) is 5.91 Å². The molecular formula is C15H17NO3. The fraction of sp³-hybridized carbons (Fsp3) is 0.400. The molecule has 4 nitrogen and oxygen atoms in total. The standard InChI is InChI=1S/C15H17NO3/c17-8-2-1-4-13-5-3-6-14(10-13)11-16-7-9-19-12-15(16)18/h3,5-6,10,17H,2,7-9,11-12H2. The number of morpholine rings is 1. The van der Waals surface area contributed by atoms with Crippen LogP contribution in [0.4, 0.5) is 0 Å². The van der Waals surface area contributed by atoms with E-state index >= 15 is 0 Å². The van der Waals surface area contributed by atoms with E-state index in [1.807, 2.05) is 24.3 Å². The molecule has 1 aliphatic heterocycles. The fourth-order valence-corrected chi connectivity index (χ4v) is 1.91. The third kappa shape index (κ3) is 4.09. The molecule has 1 amide bonds. The van der Waals surface area contributed by atoms with E-state index in [1.165, 1.54) is 0 Å². The van der Waals surface area contributed by atoms with Crippen molar-refractivity contribution in [3.63, 3.8) is 0 Å². The minimum atomic E-state index is 0.0306. The molecule has 1 fully saturated rings. The smallest absolute Gasteiger partial charge is 0.248 e. The van der Waals surface area contributed by atoms with Gasteiger partial charge in [0, 0.05) is 25.1 Å². The molecule has 100 valence electrons. The van der Waals surface area contributed by atoms with Crippen LogP contribution in [0.1, 0.15) is 17.5 Å². The second kappa shape index (κ2) is 6.93. The monoisotopic (exact) mass is 259 g/mol. The Morgan fingerprint density at radius 2 is 2.32 bits per heavy atom. The summed E-state index contributed by atoms with van der Waals surface area (Å²) in [6.45, 7) is 2.09. The van der Waals surface area contributed by atoms with Crippen LogP contribution >= 0.6 is 0 Å². The second-order valence-corrected chi connectivity index (χ2v) is 4.34. The Kier molecular flexibility index (Phi) is 4.96. The molecule has 0 atom stereocenters. The first-order chi connectivity index (χ1) is 9.29. The zero-order valence-electron chi connectivity index (χ0n) is 10.8. The van der Waals surface area contributed by atoms with Crippen molar-refractivity contribution in [1.29, 1.82) is 0 Å². The number of ether oxygens (including phenoxy) is 1.